The number of likely N-dealkylation sites (N-methyl/N-ethyl adjacent to an activating group) is 1. The van der Waals surface area contributed by atoms with Crippen molar-refractivity contribution >= 4 is 69.4 Å². The molecule has 3 aliphatic heterocycles. The smallest absolute Gasteiger partial charge is 0.257 e. The zero-order valence-electron chi connectivity index (χ0n) is 46.7. The molecule has 1 unspecified atom stereocenters. The number of aryl methyl sites for hydroxylation is 1. The molecule has 1 aromatic heterocycles. The van der Waals surface area contributed by atoms with Crippen LogP contribution in [0, 0.1) is 12.3 Å². The van der Waals surface area contributed by atoms with Crippen molar-refractivity contribution < 1.29 is 33.5 Å². The molecular formula is C58H79N11O7S2. The largest absolute Gasteiger partial charge is 0.496 e. The summed E-state index contributed by atoms with van der Waals surface area (Å²) in [7, 11) is 3.27. The first-order chi connectivity index (χ1) is 37.3. The number of methoxy groups -OCH3 is 1. The lowest BCUT2D eigenvalue weighted by Gasteiger charge is -2.39. The summed E-state index contributed by atoms with van der Waals surface area (Å²) in [5.74, 6) is -0.580. The van der Waals surface area contributed by atoms with Crippen LogP contribution in [0.3, 0.4) is 0 Å². The van der Waals surface area contributed by atoms with E-state index in [2.05, 4.69) is 41.4 Å². The molecule has 0 bridgehead atoms. The van der Waals surface area contributed by atoms with Crippen LogP contribution in [0.1, 0.15) is 112 Å². The van der Waals surface area contributed by atoms with E-state index in [4.69, 9.17) is 4.74 Å². The second-order valence-corrected chi connectivity index (χ2v) is 24.6. The molecule has 18 nitrogen and oxygen atoms in total. The standard InChI is InChI=1S/C58H79N11O7S2/c1-10-46(39-14-12-11-13-15-39)62-54(73)47-32-42(35-69(47)56(75)51(58(5,6)7)63-52(71)37(3)59-8)61-41-18-21-44(31-41)67-26-24-66(25-27-67)43-19-16-40(17-20-43)53(72)64-57-60-34-50(78-57)77-49-33-45(48(76-9)30-36(49)2)55(74)68-28-22-65(23-29-68)38(4)70/h11-17,19-20,30,33-34,37,41-42,44,46-47,51,59,61H,10,18,21-29,31-32,35H2,1-9H3,(H,62,73)(H,63,71)(H,60,64,72)/t37-,41+,42-,44?,46+,47-,51+/m0/s1. The Bertz CT molecular complexity index is 2760. The number of aromatic nitrogens is 1. The number of hydrogen-bond donors (Lipinski definition) is 5. The minimum absolute atomic E-state index is 0.00485. The fraction of sp³-hybridized carbons (Fsp3) is 0.534. The summed E-state index contributed by atoms with van der Waals surface area (Å²) in [5.41, 5.74) is 3.41. The molecule has 8 rings (SSSR count). The minimum atomic E-state index is -0.824. The van der Waals surface area contributed by atoms with E-state index in [1.165, 1.54) is 23.1 Å². The Balaban J connectivity index is 0.827. The number of nitrogens with zero attached hydrogens (tertiary/aromatic N) is 6. The lowest BCUT2D eigenvalue weighted by atomic mass is 9.85. The average Bonchev–Trinajstić information content (AvgIpc) is 4.22. The molecular weight excluding hydrogens is 1030 g/mol. The third-order valence-corrected chi connectivity index (χ3v) is 18.1. The van der Waals surface area contributed by atoms with Crippen LogP contribution < -0.4 is 36.2 Å². The van der Waals surface area contributed by atoms with E-state index in [1.54, 1.807) is 48.9 Å². The van der Waals surface area contributed by atoms with E-state index in [1.807, 2.05) is 101 Å². The molecule has 4 heterocycles. The SMILES string of the molecule is CC[C@@H](NC(=O)[C@@H]1C[C@H](N[C@@H]2CCC(N3CCN(c4ccc(C(=O)Nc5ncc(Sc6cc(C(=O)N7CCN(C(C)=O)CC7)c(OC)cc6C)s5)cc4)CC3)C2)CN1C(=O)[C@@H](NC(=O)[C@H](C)NC)C(C)(C)C)c1ccccc1. The molecule has 78 heavy (non-hydrogen) atoms. The van der Waals surface area contributed by atoms with E-state index in [-0.39, 0.29) is 53.6 Å². The number of likely N-dealkylation sites (tertiary alicyclic amines) is 1. The number of anilines is 2. The third-order valence-electron chi connectivity index (χ3n) is 15.9. The number of carbonyl (C=O) groups is 6. The number of ether oxygens (including phenoxy) is 1. The van der Waals surface area contributed by atoms with Crippen LogP contribution in [0.4, 0.5) is 10.8 Å². The zero-order valence-corrected chi connectivity index (χ0v) is 48.4. The quantitative estimate of drug-likeness (QED) is 0.0758. The van der Waals surface area contributed by atoms with Crippen molar-refractivity contribution in [3.63, 3.8) is 0 Å². The number of amides is 6. The summed E-state index contributed by atoms with van der Waals surface area (Å²) in [6, 6.07) is 19.7. The Kier molecular flexibility index (Phi) is 19.2. The second-order valence-electron chi connectivity index (χ2n) is 22.2. The molecule has 1 aliphatic carbocycles. The topological polar surface area (TPSA) is 201 Å². The van der Waals surface area contributed by atoms with Gasteiger partial charge in [-0.05, 0) is 106 Å². The van der Waals surface area contributed by atoms with Crippen LogP contribution in [-0.2, 0) is 19.2 Å². The number of carbonyl (C=O) groups excluding carboxylic acids is 6. The average molecular weight is 1110 g/mol. The Morgan fingerprint density at radius 2 is 1.55 bits per heavy atom. The highest BCUT2D eigenvalue weighted by atomic mass is 32.2. The first-order valence-corrected chi connectivity index (χ1v) is 29.1. The van der Waals surface area contributed by atoms with Crippen molar-refractivity contribution in [3.05, 3.63) is 95.2 Å². The maximum absolute atomic E-state index is 14.6. The number of hydrogen-bond acceptors (Lipinski definition) is 14. The highest BCUT2D eigenvalue weighted by Crippen LogP contribution is 2.39. The predicted molar refractivity (Wildman–Crippen MR) is 306 cm³/mol. The van der Waals surface area contributed by atoms with Gasteiger partial charge in [0.15, 0.2) is 5.13 Å². The fourth-order valence-corrected chi connectivity index (χ4v) is 13.1. The van der Waals surface area contributed by atoms with Crippen molar-refractivity contribution in [3.8, 4) is 5.75 Å². The van der Waals surface area contributed by atoms with Crippen molar-refractivity contribution in [2.45, 2.75) is 132 Å². The highest BCUT2D eigenvalue weighted by molar-refractivity contribution is 8.01. The van der Waals surface area contributed by atoms with Gasteiger partial charge in [0.1, 0.15) is 17.8 Å². The number of benzene rings is 3. The van der Waals surface area contributed by atoms with Crippen LogP contribution in [0.25, 0.3) is 0 Å². The third kappa shape index (κ3) is 14.0. The number of piperazine rings is 2. The van der Waals surface area contributed by atoms with Crippen molar-refractivity contribution in [1.29, 1.82) is 0 Å². The molecule has 1 saturated carbocycles. The molecule has 4 fully saturated rings. The van der Waals surface area contributed by atoms with Gasteiger partial charge in [0, 0.05) is 100 Å². The summed E-state index contributed by atoms with van der Waals surface area (Å²) >= 11 is 2.84. The molecule has 5 N–H and O–H groups in total. The van der Waals surface area contributed by atoms with Gasteiger partial charge in [-0.15, -0.1) is 0 Å². The van der Waals surface area contributed by atoms with Gasteiger partial charge in [0.05, 0.1) is 35.2 Å². The van der Waals surface area contributed by atoms with E-state index >= 15 is 0 Å². The fourth-order valence-electron chi connectivity index (χ4n) is 11.1. The maximum atomic E-state index is 14.6. The zero-order chi connectivity index (χ0) is 55.8. The monoisotopic (exact) mass is 1110 g/mol. The molecule has 20 heteroatoms. The van der Waals surface area contributed by atoms with Gasteiger partial charge in [-0.2, -0.15) is 0 Å². The molecule has 7 atom stereocenters. The Morgan fingerprint density at radius 1 is 0.859 bits per heavy atom. The first kappa shape index (κ1) is 58.1. The second kappa shape index (κ2) is 25.8. The molecule has 0 radical (unpaired) electrons. The molecule has 3 saturated heterocycles. The summed E-state index contributed by atoms with van der Waals surface area (Å²) in [4.78, 5) is 96.6. The van der Waals surface area contributed by atoms with Crippen LogP contribution in [0.2, 0.25) is 0 Å². The highest BCUT2D eigenvalue weighted by Gasteiger charge is 2.46. The van der Waals surface area contributed by atoms with Gasteiger partial charge in [-0.25, -0.2) is 4.98 Å². The van der Waals surface area contributed by atoms with Gasteiger partial charge in [0.2, 0.25) is 23.6 Å². The van der Waals surface area contributed by atoms with E-state index in [0.717, 1.165) is 71.4 Å². The van der Waals surface area contributed by atoms with Gasteiger partial charge < -0.3 is 45.6 Å². The lowest BCUT2D eigenvalue weighted by molar-refractivity contribution is -0.144. The summed E-state index contributed by atoms with van der Waals surface area (Å²) in [5, 5.41) is 16.6. The molecule has 4 aliphatic rings. The van der Waals surface area contributed by atoms with Crippen LogP contribution in [-0.4, -0.2) is 169 Å². The lowest BCUT2D eigenvalue weighted by Crippen LogP contribution is -2.59. The van der Waals surface area contributed by atoms with Gasteiger partial charge in [-0.1, -0.05) is 81.1 Å². The minimum Gasteiger partial charge on any atom is -0.496 e. The normalized spacial score (nSPS) is 21.2. The summed E-state index contributed by atoms with van der Waals surface area (Å²) in [6.07, 6.45) is 5.94. The van der Waals surface area contributed by atoms with Crippen molar-refractivity contribution in [2.24, 2.45) is 5.41 Å². The molecule has 4 aromatic rings. The maximum Gasteiger partial charge on any atom is 0.257 e. The molecule has 420 valence electrons. The van der Waals surface area contributed by atoms with Crippen LogP contribution >= 0.6 is 23.1 Å². The predicted octanol–water partition coefficient (Wildman–Crippen LogP) is 6.18. The Hall–Kier alpha value is -6.06. The van der Waals surface area contributed by atoms with Crippen LogP contribution in [0.5, 0.6) is 5.75 Å². The van der Waals surface area contributed by atoms with E-state index < -0.39 is 23.5 Å². The Morgan fingerprint density at radius 3 is 2.19 bits per heavy atom. The number of rotatable bonds is 18. The summed E-state index contributed by atoms with van der Waals surface area (Å²) < 4.78 is 6.48. The number of nitrogens with one attached hydrogen (secondary N) is 5. The Labute approximate surface area is 468 Å². The molecule has 6 amide bonds. The van der Waals surface area contributed by atoms with E-state index in [9.17, 15) is 28.8 Å². The molecule has 0 spiro atoms. The van der Waals surface area contributed by atoms with Crippen molar-refractivity contribution in [2.75, 3.05) is 83.3 Å². The molecule has 3 aromatic carbocycles. The van der Waals surface area contributed by atoms with Gasteiger partial charge in [-0.3, -0.25) is 39.0 Å². The first-order valence-electron chi connectivity index (χ1n) is 27.5. The number of thiazole rings is 1. The van der Waals surface area contributed by atoms with E-state index in [0.29, 0.717) is 73.6 Å². The van der Waals surface area contributed by atoms with Crippen LogP contribution in [0.15, 0.2) is 82.0 Å². The van der Waals surface area contributed by atoms with Gasteiger partial charge in [0.25, 0.3) is 11.8 Å². The summed E-state index contributed by atoms with van der Waals surface area (Å²) in [6.45, 7) is 19.0. The van der Waals surface area contributed by atoms with Gasteiger partial charge >= 0.3 is 0 Å². The van der Waals surface area contributed by atoms with Crippen molar-refractivity contribution in [1.82, 2.24) is 45.9 Å².